The number of anilines is 1. The first-order chi connectivity index (χ1) is 8.71. The molecule has 0 unspecified atom stereocenters. The molecule has 0 fully saturated rings. The Morgan fingerprint density at radius 3 is 2.28 bits per heavy atom. The zero-order valence-corrected chi connectivity index (χ0v) is 11.6. The molecule has 0 saturated heterocycles. The maximum Gasteiger partial charge on any atom is 0.231 e. The molecular formula is C12H22N4O2. The van der Waals surface area contributed by atoms with Crippen molar-refractivity contribution >= 4 is 5.95 Å². The summed E-state index contributed by atoms with van der Waals surface area (Å²) in [5, 5.41) is 3.33. The van der Waals surface area contributed by atoms with Crippen molar-refractivity contribution in [2.24, 2.45) is 0 Å². The molecule has 0 amide bonds. The minimum atomic E-state index is 0.505. The molecule has 1 aromatic rings. The molecule has 0 radical (unpaired) electrons. The third kappa shape index (κ3) is 4.37. The van der Waals surface area contributed by atoms with Gasteiger partial charge in [0.15, 0.2) is 0 Å². The molecule has 0 aromatic carbocycles. The molecule has 1 aromatic heterocycles. The fourth-order valence-corrected chi connectivity index (χ4v) is 1.42. The van der Waals surface area contributed by atoms with Crippen molar-refractivity contribution in [3.63, 3.8) is 0 Å². The molecule has 0 spiro atoms. The second kappa shape index (κ2) is 7.71. The highest BCUT2D eigenvalue weighted by Crippen LogP contribution is 2.18. The second-order valence-corrected chi connectivity index (χ2v) is 3.92. The molecule has 18 heavy (non-hydrogen) atoms. The van der Waals surface area contributed by atoms with E-state index in [2.05, 4.69) is 22.2 Å². The van der Waals surface area contributed by atoms with E-state index < -0.39 is 0 Å². The van der Waals surface area contributed by atoms with Gasteiger partial charge in [0.2, 0.25) is 17.7 Å². The standard InChI is InChI=1S/C12H22N4O2/c1-5-6-13-7-8-16(2)12-14-10(17-3)9-11(15-12)18-4/h9,13H,5-8H2,1-4H3. The lowest BCUT2D eigenvalue weighted by atomic mass is 10.4. The molecule has 102 valence electrons. The van der Waals surface area contributed by atoms with Crippen molar-refractivity contribution in [3.8, 4) is 11.8 Å². The highest BCUT2D eigenvalue weighted by atomic mass is 16.5. The van der Waals surface area contributed by atoms with E-state index in [4.69, 9.17) is 9.47 Å². The van der Waals surface area contributed by atoms with Gasteiger partial charge in [-0.1, -0.05) is 6.92 Å². The third-order valence-electron chi connectivity index (χ3n) is 2.48. The largest absolute Gasteiger partial charge is 0.481 e. The van der Waals surface area contributed by atoms with Gasteiger partial charge < -0.3 is 19.7 Å². The van der Waals surface area contributed by atoms with E-state index >= 15 is 0 Å². The Labute approximate surface area is 108 Å². The lowest BCUT2D eigenvalue weighted by Crippen LogP contribution is -2.30. The van der Waals surface area contributed by atoms with E-state index in [-0.39, 0.29) is 0 Å². The number of ether oxygens (including phenoxy) is 2. The van der Waals surface area contributed by atoms with Gasteiger partial charge in [0.05, 0.1) is 20.3 Å². The third-order valence-corrected chi connectivity index (χ3v) is 2.48. The molecule has 0 bridgehead atoms. The van der Waals surface area contributed by atoms with Gasteiger partial charge in [-0.15, -0.1) is 0 Å². The summed E-state index contributed by atoms with van der Waals surface area (Å²) in [5.41, 5.74) is 0. The summed E-state index contributed by atoms with van der Waals surface area (Å²) in [7, 11) is 5.10. The normalized spacial score (nSPS) is 10.2. The Bertz CT molecular complexity index is 338. The fraction of sp³-hybridized carbons (Fsp3) is 0.667. The summed E-state index contributed by atoms with van der Waals surface area (Å²) < 4.78 is 10.2. The molecule has 0 aliphatic heterocycles. The van der Waals surface area contributed by atoms with Gasteiger partial charge >= 0.3 is 0 Å². The molecule has 1 heterocycles. The van der Waals surface area contributed by atoms with Crippen LogP contribution >= 0.6 is 0 Å². The van der Waals surface area contributed by atoms with Crippen molar-refractivity contribution in [2.45, 2.75) is 13.3 Å². The van der Waals surface area contributed by atoms with Crippen LogP contribution in [0.3, 0.4) is 0 Å². The van der Waals surface area contributed by atoms with Crippen molar-refractivity contribution in [3.05, 3.63) is 6.07 Å². The van der Waals surface area contributed by atoms with Crippen LogP contribution in [0.5, 0.6) is 11.8 Å². The number of rotatable bonds is 8. The Morgan fingerprint density at radius 2 is 1.78 bits per heavy atom. The van der Waals surface area contributed by atoms with Crippen LogP contribution in [0.4, 0.5) is 5.95 Å². The quantitative estimate of drug-likeness (QED) is 0.696. The zero-order chi connectivity index (χ0) is 13.4. The van der Waals surface area contributed by atoms with E-state index in [0.717, 1.165) is 26.1 Å². The molecule has 0 aliphatic rings. The average Bonchev–Trinajstić information content (AvgIpc) is 2.42. The minimum absolute atomic E-state index is 0.505. The summed E-state index contributed by atoms with van der Waals surface area (Å²) in [6.07, 6.45) is 1.13. The topological polar surface area (TPSA) is 59.5 Å². The summed E-state index contributed by atoms with van der Waals surface area (Å²) in [6.45, 7) is 4.90. The van der Waals surface area contributed by atoms with Gasteiger partial charge in [-0.3, -0.25) is 0 Å². The zero-order valence-electron chi connectivity index (χ0n) is 11.6. The number of hydrogen-bond donors (Lipinski definition) is 1. The van der Waals surface area contributed by atoms with Crippen molar-refractivity contribution in [2.75, 3.05) is 45.8 Å². The highest BCUT2D eigenvalue weighted by molar-refractivity contribution is 5.35. The molecular weight excluding hydrogens is 232 g/mol. The molecule has 0 aliphatic carbocycles. The van der Waals surface area contributed by atoms with Crippen LogP contribution in [0.25, 0.3) is 0 Å². The Hall–Kier alpha value is -1.56. The van der Waals surface area contributed by atoms with E-state index in [1.54, 1.807) is 20.3 Å². The lowest BCUT2D eigenvalue weighted by molar-refractivity contribution is 0.372. The van der Waals surface area contributed by atoms with E-state index in [1.807, 2.05) is 11.9 Å². The van der Waals surface area contributed by atoms with Gasteiger partial charge in [-0.2, -0.15) is 9.97 Å². The van der Waals surface area contributed by atoms with Gasteiger partial charge in [0, 0.05) is 20.1 Å². The van der Waals surface area contributed by atoms with Crippen LogP contribution in [0.1, 0.15) is 13.3 Å². The summed E-state index contributed by atoms with van der Waals surface area (Å²) in [6, 6.07) is 1.66. The Balaban J connectivity index is 2.63. The molecule has 1 N–H and O–H groups in total. The van der Waals surface area contributed by atoms with Crippen LogP contribution < -0.4 is 19.7 Å². The maximum atomic E-state index is 5.12. The minimum Gasteiger partial charge on any atom is -0.481 e. The van der Waals surface area contributed by atoms with Gasteiger partial charge in [0.1, 0.15) is 0 Å². The van der Waals surface area contributed by atoms with E-state index in [9.17, 15) is 0 Å². The van der Waals surface area contributed by atoms with Crippen LogP contribution in [0.15, 0.2) is 6.07 Å². The highest BCUT2D eigenvalue weighted by Gasteiger charge is 2.09. The van der Waals surface area contributed by atoms with Crippen LogP contribution in [-0.2, 0) is 0 Å². The number of nitrogens with one attached hydrogen (secondary N) is 1. The SMILES string of the molecule is CCCNCCN(C)c1nc(OC)cc(OC)n1. The van der Waals surface area contributed by atoms with E-state index in [1.165, 1.54) is 0 Å². The number of hydrogen-bond acceptors (Lipinski definition) is 6. The van der Waals surface area contributed by atoms with Crippen LogP contribution in [-0.4, -0.2) is 50.9 Å². The number of nitrogens with zero attached hydrogens (tertiary/aromatic N) is 3. The first kappa shape index (κ1) is 14.5. The fourth-order valence-electron chi connectivity index (χ4n) is 1.42. The maximum absolute atomic E-state index is 5.12. The van der Waals surface area contributed by atoms with Crippen molar-refractivity contribution < 1.29 is 9.47 Å². The second-order valence-electron chi connectivity index (χ2n) is 3.92. The predicted octanol–water partition coefficient (Wildman–Crippen LogP) is 0.930. The smallest absolute Gasteiger partial charge is 0.231 e. The number of likely N-dealkylation sites (N-methyl/N-ethyl adjacent to an activating group) is 1. The molecule has 1 rings (SSSR count). The van der Waals surface area contributed by atoms with Crippen molar-refractivity contribution in [1.29, 1.82) is 0 Å². The van der Waals surface area contributed by atoms with Crippen LogP contribution in [0, 0.1) is 0 Å². The Kier molecular flexibility index (Phi) is 6.21. The molecule has 0 atom stereocenters. The predicted molar refractivity (Wildman–Crippen MR) is 71.6 cm³/mol. The monoisotopic (exact) mass is 254 g/mol. The van der Waals surface area contributed by atoms with Gasteiger partial charge in [0.25, 0.3) is 0 Å². The summed E-state index contributed by atoms with van der Waals surface area (Å²) >= 11 is 0. The summed E-state index contributed by atoms with van der Waals surface area (Å²) in [4.78, 5) is 10.5. The molecule has 0 saturated carbocycles. The van der Waals surface area contributed by atoms with Gasteiger partial charge in [-0.05, 0) is 13.0 Å². The Morgan fingerprint density at radius 1 is 1.17 bits per heavy atom. The molecule has 6 nitrogen and oxygen atoms in total. The van der Waals surface area contributed by atoms with Crippen molar-refractivity contribution in [1.82, 2.24) is 15.3 Å². The molecule has 6 heteroatoms. The first-order valence-electron chi connectivity index (χ1n) is 6.10. The van der Waals surface area contributed by atoms with Gasteiger partial charge in [-0.25, -0.2) is 0 Å². The summed E-state index contributed by atoms with van der Waals surface area (Å²) in [5.74, 6) is 1.61. The van der Waals surface area contributed by atoms with E-state index in [0.29, 0.717) is 17.7 Å². The number of aromatic nitrogens is 2. The van der Waals surface area contributed by atoms with Crippen LogP contribution in [0.2, 0.25) is 0 Å². The lowest BCUT2D eigenvalue weighted by Gasteiger charge is -2.18. The number of methoxy groups -OCH3 is 2. The first-order valence-corrected chi connectivity index (χ1v) is 6.10. The average molecular weight is 254 g/mol.